The summed E-state index contributed by atoms with van der Waals surface area (Å²) in [5, 5.41) is 24.4. The number of benzene rings is 3. The van der Waals surface area contributed by atoms with Crippen LogP contribution in [0.4, 0.5) is 0 Å². The number of aromatic carboxylic acids is 1. The van der Waals surface area contributed by atoms with Crippen molar-refractivity contribution in [3.8, 4) is 16.9 Å². The van der Waals surface area contributed by atoms with Gasteiger partial charge in [-0.1, -0.05) is 41.9 Å². The van der Waals surface area contributed by atoms with Gasteiger partial charge in [-0.2, -0.15) is 10.2 Å². The lowest BCUT2D eigenvalue weighted by Gasteiger charge is -2.26. The van der Waals surface area contributed by atoms with Gasteiger partial charge in [-0.3, -0.25) is 19.2 Å². The predicted octanol–water partition coefficient (Wildman–Crippen LogP) is 7.56. The third kappa shape index (κ3) is 7.62. The summed E-state index contributed by atoms with van der Waals surface area (Å²) in [6.07, 6.45) is 2.12. The van der Waals surface area contributed by atoms with Crippen LogP contribution in [0.1, 0.15) is 51.7 Å². The van der Waals surface area contributed by atoms with Crippen molar-refractivity contribution in [3.63, 3.8) is 0 Å². The Labute approximate surface area is 330 Å². The average molecular weight is 782 g/mol. The van der Waals surface area contributed by atoms with Crippen LogP contribution in [-0.4, -0.2) is 91.5 Å². The Morgan fingerprint density at radius 2 is 1.76 bits per heavy atom. The zero-order valence-electron chi connectivity index (χ0n) is 32.0. The molecule has 13 heteroatoms. The zero-order chi connectivity index (χ0) is 38.2. The highest BCUT2D eigenvalue weighted by Crippen LogP contribution is 2.42. The Kier molecular flexibility index (Phi) is 11.0. The van der Waals surface area contributed by atoms with Crippen molar-refractivity contribution in [3.05, 3.63) is 93.7 Å². The summed E-state index contributed by atoms with van der Waals surface area (Å²) >= 11 is 8.96. The van der Waals surface area contributed by atoms with Crippen LogP contribution >= 0.6 is 23.4 Å². The van der Waals surface area contributed by atoms with E-state index in [0.29, 0.717) is 37.6 Å². The topological polar surface area (TPSA) is 103 Å². The molecule has 1 fully saturated rings. The molecule has 3 aromatic heterocycles. The normalized spacial score (nSPS) is 16.3. The molecule has 0 atom stereocenters. The Hall–Kier alpha value is -4.33. The van der Waals surface area contributed by atoms with E-state index in [2.05, 4.69) is 58.8 Å². The third-order valence-corrected chi connectivity index (χ3v) is 12.3. The van der Waals surface area contributed by atoms with Crippen LogP contribution in [0.5, 0.6) is 5.75 Å². The number of morpholine rings is 1. The number of aromatic nitrogens is 5. The molecule has 55 heavy (non-hydrogen) atoms. The van der Waals surface area contributed by atoms with Gasteiger partial charge in [-0.05, 0) is 68.4 Å². The molecular weight excluding hydrogens is 734 g/mol. The van der Waals surface area contributed by atoms with Gasteiger partial charge in [0.2, 0.25) is 0 Å². The van der Waals surface area contributed by atoms with Crippen molar-refractivity contribution in [1.29, 1.82) is 0 Å². The quantitative estimate of drug-likeness (QED) is 0.190. The maximum atomic E-state index is 13.0. The Balaban J connectivity index is 1.22. The van der Waals surface area contributed by atoms with E-state index in [0.717, 1.165) is 123 Å². The fourth-order valence-electron chi connectivity index (χ4n) is 8.31. The second kappa shape index (κ2) is 16.0. The van der Waals surface area contributed by atoms with E-state index >= 15 is 0 Å². The second-order valence-electron chi connectivity index (χ2n) is 14.8. The molecule has 1 N–H and O–H groups in total. The van der Waals surface area contributed by atoms with Gasteiger partial charge in [0.25, 0.3) is 0 Å². The molecule has 0 amide bonds. The first-order valence-corrected chi connectivity index (χ1v) is 20.4. The van der Waals surface area contributed by atoms with Crippen molar-refractivity contribution in [2.75, 3.05) is 46.5 Å². The number of hydrogen-bond donors (Lipinski definition) is 1. The van der Waals surface area contributed by atoms with Crippen molar-refractivity contribution < 1.29 is 19.4 Å². The first-order valence-electron chi connectivity index (χ1n) is 19.0. The molecule has 2 aliphatic rings. The molecule has 5 heterocycles. The van der Waals surface area contributed by atoms with E-state index in [1.165, 1.54) is 0 Å². The predicted molar refractivity (Wildman–Crippen MR) is 218 cm³/mol. The molecule has 0 radical (unpaired) electrons. The number of halogens is 1. The van der Waals surface area contributed by atoms with E-state index < -0.39 is 5.97 Å². The molecule has 0 saturated carbocycles. The summed E-state index contributed by atoms with van der Waals surface area (Å²) in [6.45, 7) is 8.90. The summed E-state index contributed by atoms with van der Waals surface area (Å²) in [4.78, 5) is 18.8. The van der Waals surface area contributed by atoms with Crippen molar-refractivity contribution in [2.45, 2.75) is 56.5 Å². The smallest absolute Gasteiger partial charge is 0.352 e. The highest BCUT2D eigenvalue weighted by Gasteiger charge is 2.28. The van der Waals surface area contributed by atoms with Gasteiger partial charge in [-0.15, -0.1) is 11.8 Å². The largest absolute Gasteiger partial charge is 0.493 e. The van der Waals surface area contributed by atoms with Gasteiger partial charge in [0.05, 0.1) is 41.7 Å². The molecule has 0 unspecified atom stereocenters. The molecule has 0 aliphatic carbocycles. The average Bonchev–Trinajstić information content (AvgIpc) is 3.77. The number of carboxylic acids is 1. The summed E-state index contributed by atoms with van der Waals surface area (Å²) in [5.74, 6) is 0.626. The van der Waals surface area contributed by atoms with E-state index in [1.54, 1.807) is 11.8 Å². The minimum absolute atomic E-state index is 0.268. The molecule has 1 saturated heterocycles. The SMILES string of the molecule is Cc1c2c(nn1CCCN1CCOCC1)CN(C)Cc1cc(n(C)n1)CSc1cc(c3ccccc3c1)OCCCc1c(C(=O)O)n(C)c3c-2c(Cl)ccc13. The van der Waals surface area contributed by atoms with Crippen LogP contribution in [0, 0.1) is 6.92 Å². The van der Waals surface area contributed by atoms with E-state index in [1.807, 2.05) is 47.6 Å². The van der Waals surface area contributed by atoms with E-state index in [-0.39, 0.29) is 5.69 Å². The van der Waals surface area contributed by atoms with Crippen LogP contribution < -0.4 is 4.74 Å². The van der Waals surface area contributed by atoms with Crippen LogP contribution in [0.2, 0.25) is 5.02 Å². The molecule has 8 bridgehead atoms. The van der Waals surface area contributed by atoms with Gasteiger partial charge < -0.3 is 19.1 Å². The van der Waals surface area contributed by atoms with Gasteiger partial charge in [0.1, 0.15) is 11.4 Å². The summed E-state index contributed by atoms with van der Waals surface area (Å²) < 4.78 is 18.0. The van der Waals surface area contributed by atoms with Gasteiger partial charge in [-0.25, -0.2) is 4.79 Å². The first kappa shape index (κ1) is 37.6. The molecule has 2 aliphatic heterocycles. The number of fused-ring (bicyclic) bond motifs is 8. The number of carbonyl (C=O) groups is 1. The number of thioether (sulfide) groups is 1. The molecule has 3 aromatic carbocycles. The molecule has 0 spiro atoms. The van der Waals surface area contributed by atoms with Crippen LogP contribution in [0.25, 0.3) is 32.8 Å². The maximum Gasteiger partial charge on any atom is 0.352 e. The lowest BCUT2D eigenvalue weighted by Crippen LogP contribution is -2.37. The molecule has 11 nitrogen and oxygen atoms in total. The van der Waals surface area contributed by atoms with E-state index in [4.69, 9.17) is 31.3 Å². The van der Waals surface area contributed by atoms with Crippen LogP contribution in [0.3, 0.4) is 0 Å². The zero-order valence-corrected chi connectivity index (χ0v) is 33.5. The monoisotopic (exact) mass is 781 g/mol. The fraction of sp³-hybridized carbons (Fsp3) is 0.405. The second-order valence-corrected chi connectivity index (χ2v) is 16.2. The number of ether oxygens (including phenoxy) is 2. The summed E-state index contributed by atoms with van der Waals surface area (Å²) in [7, 11) is 5.94. The Bertz CT molecular complexity index is 2380. The van der Waals surface area contributed by atoms with Crippen LogP contribution in [0.15, 0.2) is 59.5 Å². The maximum absolute atomic E-state index is 13.0. The van der Waals surface area contributed by atoms with Crippen LogP contribution in [-0.2, 0) is 50.6 Å². The number of nitrogens with zero attached hydrogens (tertiary/aromatic N) is 7. The minimum Gasteiger partial charge on any atom is -0.493 e. The molecule has 288 valence electrons. The number of rotatable bonds is 5. The molecular formula is C42H48ClN7O4S. The fourth-order valence-corrected chi connectivity index (χ4v) is 9.54. The Morgan fingerprint density at radius 3 is 2.58 bits per heavy atom. The molecule has 8 rings (SSSR count). The summed E-state index contributed by atoms with van der Waals surface area (Å²) in [6, 6.07) is 18.7. The van der Waals surface area contributed by atoms with Crippen molar-refractivity contribution in [2.24, 2.45) is 14.1 Å². The number of aryl methyl sites for hydroxylation is 4. The number of carboxylic acid groups (broad SMARTS) is 1. The highest BCUT2D eigenvalue weighted by atomic mass is 35.5. The first-order chi connectivity index (χ1) is 26.7. The molecule has 6 aromatic rings. The Morgan fingerprint density at radius 1 is 0.945 bits per heavy atom. The van der Waals surface area contributed by atoms with E-state index in [9.17, 15) is 9.90 Å². The van der Waals surface area contributed by atoms with Crippen molar-refractivity contribution >= 4 is 51.0 Å². The highest BCUT2D eigenvalue weighted by molar-refractivity contribution is 7.98. The lowest BCUT2D eigenvalue weighted by atomic mass is 9.97. The van der Waals surface area contributed by atoms with Gasteiger partial charge >= 0.3 is 5.97 Å². The number of hydrogen-bond acceptors (Lipinski definition) is 8. The lowest BCUT2D eigenvalue weighted by molar-refractivity contribution is 0.0368. The minimum atomic E-state index is -0.966. The summed E-state index contributed by atoms with van der Waals surface area (Å²) in [5.41, 5.74) is 7.66. The van der Waals surface area contributed by atoms with Crippen molar-refractivity contribution in [1.82, 2.24) is 33.9 Å². The third-order valence-electron chi connectivity index (χ3n) is 11.0. The van der Waals surface area contributed by atoms with Gasteiger partial charge in [0, 0.05) is 97.3 Å². The standard InChI is InChI=1S/C42H48ClN7O4S/c1-27-38-36(45-50(27)15-8-14-49-16-19-53-20-17-49)25-46(2)24-29-22-30(48(4)44-29)26-55-31-21-28-9-5-6-10-32(28)37(23-31)54-18-7-11-33-34-12-13-35(43)39(38)40(34)47(3)41(33)42(51)52/h5-6,9-10,12-13,21-23H,7-8,11,14-20,24-26H2,1-4H3,(H,51,52). The van der Waals surface area contributed by atoms with Gasteiger partial charge in [0.15, 0.2) is 0 Å².